The Kier molecular flexibility index (Phi) is 4.33. The first-order valence-corrected chi connectivity index (χ1v) is 7.68. The number of para-hydroxylation sites is 1. The summed E-state index contributed by atoms with van der Waals surface area (Å²) in [6, 6.07) is 13.5. The summed E-state index contributed by atoms with van der Waals surface area (Å²) in [7, 11) is 0. The van der Waals surface area contributed by atoms with Crippen molar-refractivity contribution in [3.8, 4) is 0 Å². The predicted octanol–water partition coefficient (Wildman–Crippen LogP) is 1.57. The predicted molar refractivity (Wildman–Crippen MR) is 89.4 cm³/mol. The number of carboxylic acid groups (broad SMARTS) is 1. The number of carboxylic acids is 1. The number of carbonyl (C=O) groups excluding carboxylic acids is 2. The van der Waals surface area contributed by atoms with Gasteiger partial charge in [0.1, 0.15) is 0 Å². The Hall–Kier alpha value is -3.08. The smallest absolute Gasteiger partial charge is 0.251 e. The molecule has 1 aromatic heterocycles. The largest absolute Gasteiger partial charge is 0.548 e. The van der Waals surface area contributed by atoms with Crippen molar-refractivity contribution in [3.05, 3.63) is 71.4 Å². The van der Waals surface area contributed by atoms with Crippen LogP contribution in [0.15, 0.2) is 54.7 Å². The maximum absolute atomic E-state index is 12.3. The normalized spacial score (nSPS) is 12.0. The van der Waals surface area contributed by atoms with E-state index in [1.54, 1.807) is 18.3 Å². The van der Waals surface area contributed by atoms with Gasteiger partial charge < -0.3 is 20.2 Å². The number of aryl methyl sites for hydroxylation is 1. The molecule has 0 fully saturated rings. The summed E-state index contributed by atoms with van der Waals surface area (Å²) in [4.78, 5) is 26.8. The van der Waals surface area contributed by atoms with E-state index in [0.29, 0.717) is 5.56 Å². The second-order valence-electron chi connectivity index (χ2n) is 5.77. The third kappa shape index (κ3) is 3.30. The van der Waals surface area contributed by atoms with Crippen LogP contribution in [0.3, 0.4) is 0 Å². The number of nitrogens with one attached hydrogen (secondary N) is 2. The number of hydrogen-bond donors (Lipinski definition) is 2. The summed E-state index contributed by atoms with van der Waals surface area (Å²) < 4.78 is 0. The second kappa shape index (κ2) is 6.58. The Bertz CT molecular complexity index is 881. The third-order valence-electron chi connectivity index (χ3n) is 4.00. The van der Waals surface area contributed by atoms with E-state index in [9.17, 15) is 14.7 Å². The topological polar surface area (TPSA) is 85.0 Å². The molecule has 0 saturated heterocycles. The SMILES string of the molecule is Cc1ccc(C(=O)NC(Cc2c[nH]c3ccccc23)C(=O)[O-])cc1. The molecule has 3 rings (SSSR count). The van der Waals surface area contributed by atoms with Gasteiger partial charge in [-0.15, -0.1) is 0 Å². The van der Waals surface area contributed by atoms with E-state index >= 15 is 0 Å². The number of aliphatic carboxylic acids is 1. The van der Waals surface area contributed by atoms with Crippen molar-refractivity contribution in [1.82, 2.24) is 10.3 Å². The number of fused-ring (bicyclic) bond motifs is 1. The van der Waals surface area contributed by atoms with Gasteiger partial charge in [-0.25, -0.2) is 0 Å². The molecule has 0 aliphatic rings. The number of aromatic amines is 1. The van der Waals surface area contributed by atoms with Gasteiger partial charge in [-0.2, -0.15) is 0 Å². The monoisotopic (exact) mass is 321 g/mol. The number of H-pyrrole nitrogens is 1. The van der Waals surface area contributed by atoms with E-state index in [1.807, 2.05) is 43.3 Å². The van der Waals surface area contributed by atoms with Gasteiger partial charge in [-0.3, -0.25) is 4.79 Å². The highest BCUT2D eigenvalue weighted by Crippen LogP contribution is 2.19. The van der Waals surface area contributed by atoms with Crippen molar-refractivity contribution in [2.45, 2.75) is 19.4 Å². The molecule has 5 heteroatoms. The van der Waals surface area contributed by atoms with Gasteiger partial charge >= 0.3 is 0 Å². The lowest BCUT2D eigenvalue weighted by molar-refractivity contribution is -0.308. The number of rotatable bonds is 5. The average molecular weight is 321 g/mol. The van der Waals surface area contributed by atoms with Crippen LogP contribution in [0.1, 0.15) is 21.5 Å². The second-order valence-corrected chi connectivity index (χ2v) is 5.77. The van der Waals surface area contributed by atoms with Crippen LogP contribution in [-0.2, 0) is 11.2 Å². The van der Waals surface area contributed by atoms with Crippen LogP contribution in [0.4, 0.5) is 0 Å². The van der Waals surface area contributed by atoms with Crippen molar-refractivity contribution in [3.63, 3.8) is 0 Å². The van der Waals surface area contributed by atoms with Crippen molar-refractivity contribution in [2.24, 2.45) is 0 Å². The molecule has 0 spiro atoms. The summed E-state index contributed by atoms with van der Waals surface area (Å²) in [5, 5.41) is 14.9. The summed E-state index contributed by atoms with van der Waals surface area (Å²) in [5.41, 5.74) is 3.20. The molecule has 0 aliphatic heterocycles. The van der Waals surface area contributed by atoms with Gasteiger partial charge in [0.25, 0.3) is 5.91 Å². The van der Waals surface area contributed by atoms with Gasteiger partial charge in [0.2, 0.25) is 0 Å². The number of hydrogen-bond acceptors (Lipinski definition) is 3. The molecule has 0 aliphatic carbocycles. The average Bonchev–Trinajstić information content (AvgIpc) is 2.98. The molecule has 1 heterocycles. The van der Waals surface area contributed by atoms with Crippen LogP contribution < -0.4 is 10.4 Å². The zero-order chi connectivity index (χ0) is 17.1. The first-order valence-electron chi connectivity index (χ1n) is 7.68. The Morgan fingerprint density at radius 2 is 1.83 bits per heavy atom. The highest BCUT2D eigenvalue weighted by molar-refractivity contribution is 5.96. The van der Waals surface area contributed by atoms with Crippen LogP contribution in [0.5, 0.6) is 0 Å². The molecular weight excluding hydrogens is 304 g/mol. The highest BCUT2D eigenvalue weighted by atomic mass is 16.4. The first-order chi connectivity index (χ1) is 11.5. The Balaban J connectivity index is 1.79. The minimum atomic E-state index is -1.30. The van der Waals surface area contributed by atoms with E-state index in [2.05, 4.69) is 10.3 Å². The summed E-state index contributed by atoms with van der Waals surface area (Å²) in [6.45, 7) is 1.92. The maximum Gasteiger partial charge on any atom is 0.251 e. The molecular formula is C19H17N2O3-. The zero-order valence-corrected chi connectivity index (χ0v) is 13.2. The molecule has 5 nitrogen and oxygen atoms in total. The van der Waals surface area contributed by atoms with Crippen molar-refractivity contribution in [1.29, 1.82) is 0 Å². The lowest BCUT2D eigenvalue weighted by Gasteiger charge is -2.19. The van der Waals surface area contributed by atoms with E-state index in [-0.39, 0.29) is 6.42 Å². The quantitative estimate of drug-likeness (QED) is 0.748. The van der Waals surface area contributed by atoms with Crippen LogP contribution in [0.2, 0.25) is 0 Å². The summed E-state index contributed by atoms with van der Waals surface area (Å²) in [5.74, 6) is -1.73. The number of benzene rings is 2. The molecule has 1 amide bonds. The molecule has 2 aromatic carbocycles. The Morgan fingerprint density at radius 3 is 2.54 bits per heavy atom. The van der Waals surface area contributed by atoms with Gasteiger partial charge in [-0.05, 0) is 30.7 Å². The lowest BCUT2D eigenvalue weighted by atomic mass is 10.0. The molecule has 122 valence electrons. The van der Waals surface area contributed by atoms with Crippen molar-refractivity contribution < 1.29 is 14.7 Å². The fraction of sp³-hybridized carbons (Fsp3) is 0.158. The minimum Gasteiger partial charge on any atom is -0.548 e. The molecule has 1 unspecified atom stereocenters. The molecule has 24 heavy (non-hydrogen) atoms. The number of aromatic nitrogens is 1. The molecule has 0 bridgehead atoms. The van der Waals surface area contributed by atoms with Crippen LogP contribution in [0.25, 0.3) is 10.9 Å². The Morgan fingerprint density at radius 1 is 1.12 bits per heavy atom. The molecule has 1 atom stereocenters. The van der Waals surface area contributed by atoms with E-state index in [0.717, 1.165) is 22.0 Å². The van der Waals surface area contributed by atoms with Crippen LogP contribution in [-0.4, -0.2) is 22.9 Å². The van der Waals surface area contributed by atoms with Gasteiger partial charge in [0.05, 0.1) is 12.0 Å². The summed E-state index contributed by atoms with van der Waals surface area (Å²) in [6.07, 6.45) is 1.92. The molecule has 2 N–H and O–H groups in total. The molecule has 3 aromatic rings. The molecule has 0 saturated carbocycles. The zero-order valence-electron chi connectivity index (χ0n) is 13.2. The standard InChI is InChI=1S/C19H18N2O3/c1-12-6-8-13(9-7-12)18(22)21-17(19(23)24)10-14-11-20-16-5-3-2-4-15(14)16/h2-9,11,17,20H,10H2,1H3,(H,21,22)(H,23,24)/p-1. The first kappa shape index (κ1) is 15.8. The van der Waals surface area contributed by atoms with Crippen molar-refractivity contribution >= 4 is 22.8 Å². The van der Waals surface area contributed by atoms with Crippen LogP contribution in [0, 0.1) is 6.92 Å². The minimum absolute atomic E-state index is 0.157. The highest BCUT2D eigenvalue weighted by Gasteiger charge is 2.17. The van der Waals surface area contributed by atoms with E-state index in [1.165, 1.54) is 0 Å². The number of amides is 1. The number of carbonyl (C=O) groups is 2. The van der Waals surface area contributed by atoms with Gasteiger partial charge in [-0.1, -0.05) is 35.9 Å². The van der Waals surface area contributed by atoms with Gasteiger partial charge in [0.15, 0.2) is 0 Å². The summed E-state index contributed by atoms with van der Waals surface area (Å²) >= 11 is 0. The molecule has 0 radical (unpaired) electrons. The van der Waals surface area contributed by atoms with E-state index in [4.69, 9.17) is 0 Å². The third-order valence-corrected chi connectivity index (χ3v) is 4.00. The van der Waals surface area contributed by atoms with Crippen molar-refractivity contribution in [2.75, 3.05) is 0 Å². The van der Waals surface area contributed by atoms with Gasteiger partial charge in [0, 0.05) is 29.1 Å². The fourth-order valence-corrected chi connectivity index (χ4v) is 2.66. The lowest BCUT2D eigenvalue weighted by Crippen LogP contribution is -2.49. The van der Waals surface area contributed by atoms with Crippen LogP contribution >= 0.6 is 0 Å². The Labute approximate surface area is 139 Å². The maximum atomic E-state index is 12.3. The van der Waals surface area contributed by atoms with E-state index < -0.39 is 17.9 Å². The fourth-order valence-electron chi connectivity index (χ4n) is 2.66.